The van der Waals surface area contributed by atoms with Crippen molar-refractivity contribution in [3.05, 3.63) is 65.5 Å². The van der Waals surface area contributed by atoms with Gasteiger partial charge in [-0.1, -0.05) is 139 Å². The number of H-pyrrole nitrogens is 1. The zero-order valence-electron chi connectivity index (χ0n) is 21.6. The van der Waals surface area contributed by atoms with Crippen LogP contribution in [-0.2, 0) is 12.8 Å². The van der Waals surface area contributed by atoms with E-state index in [2.05, 4.69) is 60.4 Å². The minimum atomic E-state index is 0. The Morgan fingerprint density at radius 3 is 1.76 bits per heavy atom. The summed E-state index contributed by atoms with van der Waals surface area (Å²) >= 11 is 0. The molecule has 0 atom stereocenters. The van der Waals surface area contributed by atoms with Crippen LogP contribution in [0.2, 0.25) is 0 Å². The molecule has 0 aliphatic rings. The van der Waals surface area contributed by atoms with Crippen molar-refractivity contribution < 1.29 is 0 Å². The summed E-state index contributed by atoms with van der Waals surface area (Å²) in [6.45, 7) is 2.29. The van der Waals surface area contributed by atoms with Gasteiger partial charge in [0.25, 0.3) is 0 Å². The monoisotopic (exact) mass is 480 g/mol. The molecule has 0 amide bonds. The maximum atomic E-state index is 4.96. The molecular weight excluding hydrogens is 432 g/mol. The molecule has 3 rings (SSSR count). The first-order valence-electron chi connectivity index (χ1n) is 13.9. The fraction of sp³-hybridized carbons (Fsp3) is 0.581. The highest BCUT2D eigenvalue weighted by molar-refractivity contribution is 7.59. The molecule has 3 aromatic rings. The van der Waals surface area contributed by atoms with E-state index in [1.54, 1.807) is 0 Å². The van der Waals surface area contributed by atoms with Gasteiger partial charge in [0.1, 0.15) is 5.82 Å². The molecule has 2 nitrogen and oxygen atoms in total. The van der Waals surface area contributed by atoms with E-state index in [9.17, 15) is 0 Å². The molecule has 0 bridgehead atoms. The molecule has 0 saturated carbocycles. The smallest absolute Gasteiger partial charge is 0.107 e. The SMILES string of the molecule is CCCCCCCCCCCCCCCCCc1nc2c(Cc3ccccc3)cccc2[nH]1.S. The van der Waals surface area contributed by atoms with Crippen LogP contribution in [-0.4, -0.2) is 9.97 Å². The number of hydrogen-bond acceptors (Lipinski definition) is 1. The van der Waals surface area contributed by atoms with E-state index in [1.807, 2.05) is 0 Å². The summed E-state index contributed by atoms with van der Waals surface area (Å²) in [7, 11) is 0. The van der Waals surface area contributed by atoms with Crippen LogP contribution in [0, 0.1) is 0 Å². The summed E-state index contributed by atoms with van der Waals surface area (Å²) in [4.78, 5) is 8.52. The molecule has 1 N–H and O–H groups in total. The van der Waals surface area contributed by atoms with Crippen molar-refractivity contribution in [2.75, 3.05) is 0 Å². The number of imidazole rings is 1. The molecule has 188 valence electrons. The third kappa shape index (κ3) is 10.7. The molecule has 1 aromatic heterocycles. The highest BCUT2D eigenvalue weighted by atomic mass is 32.1. The maximum Gasteiger partial charge on any atom is 0.107 e. The van der Waals surface area contributed by atoms with E-state index < -0.39 is 0 Å². The third-order valence-corrected chi connectivity index (χ3v) is 6.90. The molecule has 0 aliphatic carbocycles. The average molecular weight is 481 g/mol. The Kier molecular flexibility index (Phi) is 14.8. The number of nitrogens with one attached hydrogen (secondary N) is 1. The second-order valence-electron chi connectivity index (χ2n) is 9.86. The van der Waals surface area contributed by atoms with Crippen molar-refractivity contribution in [2.24, 2.45) is 0 Å². The summed E-state index contributed by atoms with van der Waals surface area (Å²) in [5, 5.41) is 0. The molecule has 0 spiro atoms. The summed E-state index contributed by atoms with van der Waals surface area (Å²) < 4.78 is 0. The van der Waals surface area contributed by atoms with Crippen LogP contribution in [0.3, 0.4) is 0 Å². The quantitative estimate of drug-likeness (QED) is 0.180. The molecule has 1 heterocycles. The van der Waals surface area contributed by atoms with Gasteiger partial charge in [0.05, 0.1) is 11.0 Å². The van der Waals surface area contributed by atoms with Gasteiger partial charge in [0.15, 0.2) is 0 Å². The highest BCUT2D eigenvalue weighted by Gasteiger charge is 2.08. The van der Waals surface area contributed by atoms with Crippen LogP contribution in [0.15, 0.2) is 48.5 Å². The van der Waals surface area contributed by atoms with E-state index in [0.717, 1.165) is 24.2 Å². The first-order valence-corrected chi connectivity index (χ1v) is 13.9. The van der Waals surface area contributed by atoms with Gasteiger partial charge in [-0.3, -0.25) is 0 Å². The molecule has 2 aromatic carbocycles. The van der Waals surface area contributed by atoms with Gasteiger partial charge in [-0.2, -0.15) is 13.5 Å². The third-order valence-electron chi connectivity index (χ3n) is 6.90. The first-order chi connectivity index (χ1) is 16.4. The second-order valence-corrected chi connectivity index (χ2v) is 9.86. The predicted molar refractivity (Wildman–Crippen MR) is 154 cm³/mol. The maximum absolute atomic E-state index is 4.96. The van der Waals surface area contributed by atoms with E-state index >= 15 is 0 Å². The van der Waals surface area contributed by atoms with Gasteiger partial charge >= 0.3 is 0 Å². The Hall–Kier alpha value is -1.74. The fourth-order valence-corrected chi connectivity index (χ4v) is 4.88. The number of benzene rings is 2. The number of para-hydroxylation sites is 1. The molecule has 0 fully saturated rings. The van der Waals surface area contributed by atoms with E-state index in [-0.39, 0.29) is 13.5 Å². The Labute approximate surface area is 215 Å². The van der Waals surface area contributed by atoms with Gasteiger partial charge in [0, 0.05) is 6.42 Å². The van der Waals surface area contributed by atoms with Crippen molar-refractivity contribution >= 4 is 24.5 Å². The number of aryl methyl sites for hydroxylation is 1. The Balaban J connectivity index is 0.00000408. The predicted octanol–water partition coefficient (Wildman–Crippen LogP) is 9.68. The minimum Gasteiger partial charge on any atom is -0.342 e. The fourth-order valence-electron chi connectivity index (χ4n) is 4.88. The number of nitrogens with zero attached hydrogens (tertiary/aromatic N) is 1. The molecule has 3 heteroatoms. The lowest BCUT2D eigenvalue weighted by molar-refractivity contribution is 0.531. The topological polar surface area (TPSA) is 28.7 Å². The van der Waals surface area contributed by atoms with Gasteiger partial charge in [-0.05, 0) is 30.0 Å². The molecule has 0 radical (unpaired) electrons. The number of aromatic nitrogens is 2. The number of unbranched alkanes of at least 4 members (excludes halogenated alkanes) is 14. The average Bonchev–Trinajstić information content (AvgIpc) is 3.26. The largest absolute Gasteiger partial charge is 0.342 e. The first kappa shape index (κ1) is 28.5. The summed E-state index contributed by atoms with van der Waals surface area (Å²) in [5.41, 5.74) is 4.99. The number of hydrogen-bond donors (Lipinski definition) is 1. The molecule has 0 unspecified atom stereocenters. The van der Waals surface area contributed by atoms with Crippen molar-refractivity contribution in [1.29, 1.82) is 0 Å². The van der Waals surface area contributed by atoms with E-state index in [4.69, 9.17) is 4.98 Å². The van der Waals surface area contributed by atoms with Crippen molar-refractivity contribution in [3.8, 4) is 0 Å². The number of fused-ring (bicyclic) bond motifs is 1. The molecule has 0 aliphatic heterocycles. The lowest BCUT2D eigenvalue weighted by Gasteiger charge is -2.03. The van der Waals surface area contributed by atoms with Crippen molar-refractivity contribution in [2.45, 2.75) is 116 Å². The second kappa shape index (κ2) is 17.7. The van der Waals surface area contributed by atoms with Crippen molar-refractivity contribution in [1.82, 2.24) is 9.97 Å². The zero-order chi connectivity index (χ0) is 23.0. The standard InChI is InChI=1S/C31H46N2.H2S/c1-2-3-4-5-6-7-8-9-10-11-12-13-14-15-19-25-30-32-29-24-20-23-28(31(29)33-30)26-27-21-17-16-18-22-27;/h16-18,20-24H,2-15,19,25-26H2,1H3,(H,32,33);1H2. The van der Waals surface area contributed by atoms with Crippen LogP contribution in [0.5, 0.6) is 0 Å². The lowest BCUT2D eigenvalue weighted by atomic mass is 10.0. The van der Waals surface area contributed by atoms with Crippen LogP contribution in [0.25, 0.3) is 11.0 Å². The Morgan fingerprint density at radius 2 is 1.18 bits per heavy atom. The van der Waals surface area contributed by atoms with Crippen molar-refractivity contribution in [3.63, 3.8) is 0 Å². The van der Waals surface area contributed by atoms with E-state index in [1.165, 1.54) is 113 Å². The highest BCUT2D eigenvalue weighted by Crippen LogP contribution is 2.21. The molecule has 0 saturated heterocycles. The Morgan fingerprint density at radius 1 is 0.618 bits per heavy atom. The van der Waals surface area contributed by atoms with Crippen LogP contribution >= 0.6 is 13.5 Å². The summed E-state index contributed by atoms with van der Waals surface area (Å²) in [6, 6.07) is 17.2. The number of rotatable bonds is 18. The van der Waals surface area contributed by atoms with Gasteiger partial charge in [-0.15, -0.1) is 0 Å². The lowest BCUT2D eigenvalue weighted by Crippen LogP contribution is -1.90. The van der Waals surface area contributed by atoms with Gasteiger partial charge in [0.2, 0.25) is 0 Å². The Bertz CT molecular complexity index is 887. The van der Waals surface area contributed by atoms with Crippen LogP contribution in [0.4, 0.5) is 0 Å². The van der Waals surface area contributed by atoms with Gasteiger partial charge in [-0.25, -0.2) is 4.98 Å². The summed E-state index contributed by atoms with van der Waals surface area (Å²) in [6.07, 6.45) is 23.2. The van der Waals surface area contributed by atoms with Crippen LogP contribution < -0.4 is 0 Å². The van der Waals surface area contributed by atoms with Gasteiger partial charge < -0.3 is 4.98 Å². The number of aromatic amines is 1. The van der Waals surface area contributed by atoms with E-state index in [0.29, 0.717) is 0 Å². The van der Waals surface area contributed by atoms with Crippen LogP contribution in [0.1, 0.15) is 120 Å². The summed E-state index contributed by atoms with van der Waals surface area (Å²) in [5.74, 6) is 1.15. The molecule has 34 heavy (non-hydrogen) atoms. The molecular formula is C31H48N2S. The normalized spacial score (nSPS) is 11.1. The zero-order valence-corrected chi connectivity index (χ0v) is 22.6. The minimum absolute atomic E-state index is 0.